The molecule has 2 heterocycles. The number of carbonyl (C=O) groups excluding carboxylic acids is 2. The summed E-state index contributed by atoms with van der Waals surface area (Å²) in [5, 5.41) is 0. The first-order valence-electron chi connectivity index (χ1n) is 11.6. The number of hydrogen-bond donors (Lipinski definition) is 0. The minimum Gasteiger partial charge on any atom is -0.477 e. The van der Waals surface area contributed by atoms with Crippen molar-refractivity contribution in [3.05, 3.63) is 45.6 Å². The zero-order chi connectivity index (χ0) is 24.7. The van der Waals surface area contributed by atoms with Gasteiger partial charge in [0.2, 0.25) is 0 Å². The number of benzene rings is 1. The van der Waals surface area contributed by atoms with E-state index in [9.17, 15) is 9.59 Å². The van der Waals surface area contributed by atoms with Gasteiger partial charge in [-0.3, -0.25) is 14.5 Å². The Kier molecular flexibility index (Phi) is 6.87. The second-order valence-electron chi connectivity index (χ2n) is 9.89. The summed E-state index contributed by atoms with van der Waals surface area (Å²) in [6.07, 6.45) is 1.19. The van der Waals surface area contributed by atoms with Gasteiger partial charge in [-0.15, -0.1) is 0 Å². The van der Waals surface area contributed by atoms with E-state index in [1.54, 1.807) is 4.90 Å². The van der Waals surface area contributed by atoms with Gasteiger partial charge in [-0.05, 0) is 88.3 Å². The average molecular weight is 453 g/mol. The lowest BCUT2D eigenvalue weighted by atomic mass is 9.86. The minimum atomic E-state index is -1.02. The fraction of sp³-hybridized carbons (Fsp3) is 0.519. The average Bonchev–Trinajstić information content (AvgIpc) is 2.72. The van der Waals surface area contributed by atoms with Crippen molar-refractivity contribution in [1.82, 2.24) is 4.98 Å². The molecule has 6 heteroatoms. The van der Waals surface area contributed by atoms with Crippen LogP contribution in [0.3, 0.4) is 0 Å². The van der Waals surface area contributed by atoms with Crippen LogP contribution >= 0.6 is 0 Å². The normalized spacial score (nSPS) is 17.4. The number of hydrogen-bond acceptors (Lipinski definition) is 5. The molecule has 6 nitrogen and oxygen atoms in total. The van der Waals surface area contributed by atoms with Gasteiger partial charge in [-0.1, -0.05) is 13.8 Å². The van der Waals surface area contributed by atoms with E-state index in [0.717, 1.165) is 39.3 Å². The molecular weight excluding hydrogens is 416 g/mol. The first-order chi connectivity index (χ1) is 15.3. The minimum absolute atomic E-state index is 0.0851. The van der Waals surface area contributed by atoms with Crippen LogP contribution < -0.4 is 14.4 Å². The van der Waals surface area contributed by atoms with Gasteiger partial charge in [0.05, 0.1) is 0 Å². The number of ether oxygens (including phenoxy) is 2. The van der Waals surface area contributed by atoms with Crippen LogP contribution in [0, 0.1) is 40.5 Å². The molecule has 0 N–H and O–H groups in total. The molecular formula is C27H36N2O4. The summed E-state index contributed by atoms with van der Waals surface area (Å²) in [6, 6.07) is 3.96. The highest BCUT2D eigenvalue weighted by atomic mass is 16.5. The van der Waals surface area contributed by atoms with Crippen LogP contribution in [0.2, 0.25) is 0 Å². The van der Waals surface area contributed by atoms with E-state index in [1.807, 2.05) is 53.7 Å². The van der Waals surface area contributed by atoms with E-state index in [2.05, 4.69) is 18.8 Å². The maximum absolute atomic E-state index is 14.0. The van der Waals surface area contributed by atoms with E-state index in [4.69, 9.17) is 9.47 Å². The summed E-state index contributed by atoms with van der Waals surface area (Å²) >= 11 is 0. The molecule has 1 aliphatic heterocycles. The number of pyridine rings is 1. The summed E-state index contributed by atoms with van der Waals surface area (Å²) in [5.74, 6) is 1.82. The van der Waals surface area contributed by atoms with Gasteiger partial charge in [-0.25, -0.2) is 4.98 Å². The fourth-order valence-electron chi connectivity index (χ4n) is 4.57. The lowest BCUT2D eigenvalue weighted by Gasteiger charge is -2.40. The highest BCUT2D eigenvalue weighted by molar-refractivity contribution is 5.99. The van der Waals surface area contributed by atoms with Crippen molar-refractivity contribution in [2.75, 3.05) is 11.4 Å². The summed E-state index contributed by atoms with van der Waals surface area (Å²) in [6.45, 7) is 17.8. The quantitative estimate of drug-likeness (QED) is 0.453. The molecule has 1 aromatic heterocycles. The van der Waals surface area contributed by atoms with Crippen molar-refractivity contribution in [3.8, 4) is 11.5 Å². The summed E-state index contributed by atoms with van der Waals surface area (Å²) in [7, 11) is 0. The van der Waals surface area contributed by atoms with E-state index in [1.165, 1.54) is 6.92 Å². The molecule has 0 saturated carbocycles. The standard InChI is InChI=1S/C27H36N2O4/c1-15(2)14-29(23-13-16(3)12-17(4)28-23)26(31)27(9)11-10-22-20(7)24(32-21(8)30)18(5)19(6)25(22)33-27/h12-13,15H,10-11,14H2,1-9H3. The van der Waals surface area contributed by atoms with Crippen LogP contribution in [0.15, 0.2) is 12.1 Å². The monoisotopic (exact) mass is 452 g/mol. The Morgan fingerprint density at radius 3 is 2.36 bits per heavy atom. The second-order valence-corrected chi connectivity index (χ2v) is 9.89. The van der Waals surface area contributed by atoms with Gasteiger partial charge in [0.1, 0.15) is 17.3 Å². The summed E-state index contributed by atoms with van der Waals surface area (Å²) in [4.78, 5) is 32.0. The molecule has 0 radical (unpaired) electrons. The van der Waals surface area contributed by atoms with Crippen LogP contribution in [0.25, 0.3) is 0 Å². The highest BCUT2D eigenvalue weighted by Crippen LogP contribution is 2.44. The molecule has 1 aliphatic rings. The molecule has 1 amide bonds. The molecule has 178 valence electrons. The van der Waals surface area contributed by atoms with Crippen molar-refractivity contribution in [1.29, 1.82) is 0 Å². The lowest BCUT2D eigenvalue weighted by Crippen LogP contribution is -2.54. The fourth-order valence-corrected chi connectivity index (χ4v) is 4.57. The Labute approximate surface area is 197 Å². The maximum atomic E-state index is 14.0. The number of esters is 1. The smallest absolute Gasteiger partial charge is 0.308 e. The second kappa shape index (κ2) is 9.16. The number of fused-ring (bicyclic) bond motifs is 1. The molecule has 1 atom stereocenters. The zero-order valence-electron chi connectivity index (χ0n) is 21.4. The van der Waals surface area contributed by atoms with Crippen LogP contribution in [-0.2, 0) is 16.0 Å². The number of aryl methyl sites for hydroxylation is 2. The molecule has 1 unspecified atom stereocenters. The van der Waals surface area contributed by atoms with E-state index in [0.29, 0.717) is 31.0 Å². The number of aromatic nitrogens is 1. The Hall–Kier alpha value is -2.89. The van der Waals surface area contributed by atoms with Gasteiger partial charge in [-0.2, -0.15) is 0 Å². The Balaban J connectivity index is 2.03. The molecule has 0 bridgehead atoms. The van der Waals surface area contributed by atoms with Gasteiger partial charge >= 0.3 is 5.97 Å². The third kappa shape index (κ3) is 4.90. The first kappa shape index (κ1) is 24.7. The number of carbonyl (C=O) groups is 2. The molecule has 0 spiro atoms. The van der Waals surface area contributed by atoms with Crippen molar-refractivity contribution in [2.45, 2.75) is 80.8 Å². The van der Waals surface area contributed by atoms with Gasteiger partial charge in [0, 0.05) is 31.1 Å². The van der Waals surface area contributed by atoms with Gasteiger partial charge < -0.3 is 9.47 Å². The van der Waals surface area contributed by atoms with Crippen LogP contribution in [-0.4, -0.2) is 29.0 Å². The summed E-state index contributed by atoms with van der Waals surface area (Å²) in [5.41, 5.74) is 4.57. The van der Waals surface area contributed by atoms with Crippen LogP contribution in [0.1, 0.15) is 67.6 Å². The van der Waals surface area contributed by atoms with Crippen LogP contribution in [0.4, 0.5) is 5.82 Å². The van der Waals surface area contributed by atoms with Crippen molar-refractivity contribution in [2.24, 2.45) is 5.92 Å². The first-order valence-corrected chi connectivity index (χ1v) is 11.6. The van der Waals surface area contributed by atoms with Crippen molar-refractivity contribution in [3.63, 3.8) is 0 Å². The van der Waals surface area contributed by atoms with Crippen molar-refractivity contribution < 1.29 is 19.1 Å². The maximum Gasteiger partial charge on any atom is 0.308 e. The predicted octanol–water partition coefficient (Wildman–Crippen LogP) is 5.32. The van der Waals surface area contributed by atoms with Crippen LogP contribution in [0.5, 0.6) is 11.5 Å². The number of anilines is 1. The van der Waals surface area contributed by atoms with E-state index < -0.39 is 5.60 Å². The van der Waals surface area contributed by atoms with E-state index >= 15 is 0 Å². The van der Waals surface area contributed by atoms with Gasteiger partial charge in [0.15, 0.2) is 5.60 Å². The topological polar surface area (TPSA) is 68.7 Å². The number of nitrogens with zero attached hydrogens (tertiary/aromatic N) is 2. The summed E-state index contributed by atoms with van der Waals surface area (Å²) < 4.78 is 12.0. The third-order valence-electron chi connectivity index (χ3n) is 6.34. The number of rotatable bonds is 5. The molecule has 0 aliphatic carbocycles. The molecule has 3 rings (SSSR count). The van der Waals surface area contributed by atoms with Crippen molar-refractivity contribution >= 4 is 17.7 Å². The Bertz CT molecular complexity index is 1090. The molecule has 2 aromatic rings. The molecule has 33 heavy (non-hydrogen) atoms. The van der Waals surface area contributed by atoms with E-state index in [-0.39, 0.29) is 17.8 Å². The predicted molar refractivity (Wildman–Crippen MR) is 130 cm³/mol. The molecule has 0 fully saturated rings. The largest absolute Gasteiger partial charge is 0.477 e. The third-order valence-corrected chi connectivity index (χ3v) is 6.34. The number of amides is 1. The SMILES string of the molecule is CC(=O)Oc1c(C)c(C)c2c(c1C)CCC(C)(C(=O)N(CC(C)C)c1cc(C)cc(C)n1)O2. The molecule has 1 aromatic carbocycles. The Morgan fingerprint density at radius 2 is 1.79 bits per heavy atom. The molecule has 0 saturated heterocycles. The highest BCUT2D eigenvalue weighted by Gasteiger charge is 2.44. The zero-order valence-corrected chi connectivity index (χ0v) is 21.4. The Morgan fingerprint density at radius 1 is 1.12 bits per heavy atom. The van der Waals surface area contributed by atoms with Gasteiger partial charge in [0.25, 0.3) is 5.91 Å². The lowest BCUT2D eigenvalue weighted by molar-refractivity contribution is -0.134.